The van der Waals surface area contributed by atoms with Gasteiger partial charge in [0, 0.05) is 72.6 Å². The normalized spacial score (nSPS) is 11.2. The van der Waals surface area contributed by atoms with E-state index in [0.717, 1.165) is 11.3 Å². The van der Waals surface area contributed by atoms with Crippen molar-refractivity contribution in [3.63, 3.8) is 0 Å². The first-order valence-electron chi connectivity index (χ1n) is 13.1. The standard InChI is InChI=1S/C30H34N4O7S/c1-17-18(2)28(39)26(19(3)27(17)38)30(4,5)15-24(35)33(6)12-13-34(11-7-8-25(36)37)29(40)41-20-9-10-21-22(14-20)42-23(16-31)32-21/h9-10,14,38-39H,2-3,7-8,11-13,15H2,1,4-6H3,(H,36,37). The van der Waals surface area contributed by atoms with Gasteiger partial charge in [-0.15, -0.1) is 11.3 Å². The Kier molecular flexibility index (Phi) is 9.80. The Balaban J connectivity index is 1.72. The average Bonchev–Trinajstić information content (AvgIpc) is 3.34. The summed E-state index contributed by atoms with van der Waals surface area (Å²) in [6.07, 6.45) is -0.712. The van der Waals surface area contributed by atoms with Crippen LogP contribution in [-0.2, 0) is 15.0 Å². The van der Waals surface area contributed by atoms with E-state index in [1.165, 1.54) is 9.80 Å². The molecule has 0 bridgehead atoms. The second kappa shape index (κ2) is 12.9. The Bertz CT molecular complexity index is 1680. The number of nitrogens with zero attached hydrogens (tertiary/aromatic N) is 4. The van der Waals surface area contributed by atoms with Crippen molar-refractivity contribution >= 4 is 52.7 Å². The number of carbonyl (C=O) groups is 3. The predicted octanol–water partition coefficient (Wildman–Crippen LogP) is 3.20. The van der Waals surface area contributed by atoms with Crippen LogP contribution >= 0.6 is 11.3 Å². The van der Waals surface area contributed by atoms with Crippen LogP contribution in [0, 0.1) is 18.3 Å². The number of ether oxygens (including phenoxy) is 1. The molecule has 12 heteroatoms. The van der Waals surface area contributed by atoms with E-state index < -0.39 is 17.5 Å². The lowest BCUT2D eigenvalue weighted by Gasteiger charge is -2.30. The number of fused-ring (bicyclic) bond motifs is 1. The Hall–Kier alpha value is -4.63. The maximum atomic E-state index is 13.2. The zero-order chi connectivity index (χ0) is 31.4. The van der Waals surface area contributed by atoms with Crippen molar-refractivity contribution in [1.82, 2.24) is 14.8 Å². The SMILES string of the molecule is C=c1c(C)c(O)c(=C)c(C(C)(C)CC(=O)N(C)CCN(CCCC(=O)O)C(=O)Oc2ccc3nc(C#N)sc3c2)c1O. The second-order valence-corrected chi connectivity index (χ2v) is 11.7. The third-order valence-electron chi connectivity index (χ3n) is 7.06. The van der Waals surface area contributed by atoms with Gasteiger partial charge in [-0.3, -0.25) is 9.59 Å². The van der Waals surface area contributed by atoms with E-state index in [4.69, 9.17) is 15.1 Å². The monoisotopic (exact) mass is 594 g/mol. The second-order valence-electron chi connectivity index (χ2n) is 10.6. The van der Waals surface area contributed by atoms with Gasteiger partial charge in [-0.1, -0.05) is 27.0 Å². The van der Waals surface area contributed by atoms with E-state index >= 15 is 0 Å². The number of rotatable bonds is 11. The third kappa shape index (κ3) is 7.16. The number of likely N-dealkylation sites (N-methyl/N-ethyl adjacent to an activating group) is 1. The molecule has 3 aromatic rings. The number of phenols is 2. The van der Waals surface area contributed by atoms with Crippen molar-refractivity contribution < 1.29 is 34.4 Å². The number of hydrogen-bond donors (Lipinski definition) is 3. The Labute approximate surface area is 247 Å². The number of aromatic nitrogens is 1. The van der Waals surface area contributed by atoms with Crippen LogP contribution in [0.15, 0.2) is 18.2 Å². The summed E-state index contributed by atoms with van der Waals surface area (Å²) in [6, 6.07) is 6.78. The maximum Gasteiger partial charge on any atom is 0.415 e. The van der Waals surface area contributed by atoms with Gasteiger partial charge in [-0.2, -0.15) is 5.26 Å². The molecule has 3 rings (SSSR count). The van der Waals surface area contributed by atoms with Crippen LogP contribution in [0.1, 0.15) is 49.2 Å². The van der Waals surface area contributed by atoms with Crippen LogP contribution in [0.5, 0.6) is 17.2 Å². The molecule has 0 spiro atoms. The maximum absolute atomic E-state index is 13.2. The number of carboxylic acid groups (broad SMARTS) is 1. The van der Waals surface area contributed by atoms with Crippen molar-refractivity contribution in [2.75, 3.05) is 26.7 Å². The average molecular weight is 595 g/mol. The van der Waals surface area contributed by atoms with E-state index in [9.17, 15) is 24.6 Å². The molecule has 11 nitrogen and oxygen atoms in total. The lowest BCUT2D eigenvalue weighted by atomic mass is 9.78. The molecule has 0 atom stereocenters. The summed E-state index contributed by atoms with van der Waals surface area (Å²) < 4.78 is 6.22. The van der Waals surface area contributed by atoms with Gasteiger partial charge in [0.2, 0.25) is 5.91 Å². The molecule has 1 aromatic heterocycles. The van der Waals surface area contributed by atoms with Gasteiger partial charge < -0.3 is 29.9 Å². The molecule has 3 N–H and O–H groups in total. The first-order valence-corrected chi connectivity index (χ1v) is 13.9. The quantitative estimate of drug-likeness (QED) is 0.283. The molecule has 0 saturated carbocycles. The first kappa shape index (κ1) is 31.9. The number of aromatic hydroxyl groups is 2. The summed E-state index contributed by atoms with van der Waals surface area (Å²) in [7, 11) is 1.58. The summed E-state index contributed by atoms with van der Waals surface area (Å²) in [5, 5.41) is 40.1. The molecule has 0 unspecified atom stereocenters. The lowest BCUT2D eigenvalue weighted by molar-refractivity contribution is -0.137. The topological polar surface area (TPSA) is 164 Å². The van der Waals surface area contributed by atoms with Crippen molar-refractivity contribution in [1.29, 1.82) is 5.26 Å². The number of benzene rings is 2. The Morgan fingerprint density at radius 2 is 1.81 bits per heavy atom. The number of thiazole rings is 1. The Morgan fingerprint density at radius 3 is 2.45 bits per heavy atom. The molecule has 222 valence electrons. The zero-order valence-electron chi connectivity index (χ0n) is 24.1. The van der Waals surface area contributed by atoms with Crippen LogP contribution in [0.4, 0.5) is 4.79 Å². The molecule has 0 radical (unpaired) electrons. The summed E-state index contributed by atoms with van der Waals surface area (Å²) >= 11 is 1.16. The number of aliphatic carboxylic acids is 1. The van der Waals surface area contributed by atoms with Gasteiger partial charge in [-0.05, 0) is 25.5 Å². The molecule has 42 heavy (non-hydrogen) atoms. The summed E-state index contributed by atoms with van der Waals surface area (Å²) in [4.78, 5) is 44.3. The first-order chi connectivity index (χ1) is 19.7. The molecule has 0 aliphatic heterocycles. The molecular formula is C30H34N4O7S. The number of carbonyl (C=O) groups excluding carboxylic acids is 2. The van der Waals surface area contributed by atoms with Crippen molar-refractivity contribution in [2.24, 2.45) is 0 Å². The fourth-order valence-corrected chi connectivity index (χ4v) is 5.37. The van der Waals surface area contributed by atoms with Crippen molar-refractivity contribution in [3.8, 4) is 23.3 Å². The number of nitriles is 1. The van der Waals surface area contributed by atoms with Crippen LogP contribution in [0.2, 0.25) is 0 Å². The smallest absolute Gasteiger partial charge is 0.415 e. The summed E-state index contributed by atoms with van der Waals surface area (Å²) in [5.74, 6) is -1.25. The van der Waals surface area contributed by atoms with E-state index in [2.05, 4.69) is 18.1 Å². The van der Waals surface area contributed by atoms with Crippen molar-refractivity contribution in [3.05, 3.63) is 44.8 Å². The molecule has 2 aromatic carbocycles. The van der Waals surface area contributed by atoms with Crippen LogP contribution in [0.25, 0.3) is 23.4 Å². The highest BCUT2D eigenvalue weighted by atomic mass is 32.1. The highest BCUT2D eigenvalue weighted by Crippen LogP contribution is 2.32. The molecule has 2 amide bonds. The summed E-state index contributed by atoms with van der Waals surface area (Å²) in [5.41, 5.74) is 0.430. The lowest BCUT2D eigenvalue weighted by Crippen LogP contribution is -2.42. The molecule has 1 heterocycles. The number of amides is 2. The molecule has 0 aliphatic rings. The number of phenolic OH excluding ortho intramolecular Hbond substituents is 2. The van der Waals surface area contributed by atoms with Gasteiger partial charge >= 0.3 is 12.1 Å². The molecule has 0 fully saturated rings. The minimum absolute atomic E-state index is 0.0372. The van der Waals surface area contributed by atoms with Gasteiger partial charge in [0.1, 0.15) is 23.3 Å². The van der Waals surface area contributed by atoms with Gasteiger partial charge in [-0.25, -0.2) is 9.78 Å². The third-order valence-corrected chi connectivity index (χ3v) is 7.98. The fourth-order valence-electron chi connectivity index (χ4n) is 4.58. The predicted molar refractivity (Wildman–Crippen MR) is 159 cm³/mol. The Morgan fingerprint density at radius 1 is 1.12 bits per heavy atom. The van der Waals surface area contributed by atoms with E-state index in [1.807, 2.05) is 6.07 Å². The van der Waals surface area contributed by atoms with E-state index in [1.54, 1.807) is 46.0 Å². The summed E-state index contributed by atoms with van der Waals surface area (Å²) in [6.45, 7) is 13.1. The minimum Gasteiger partial charge on any atom is -0.507 e. The number of carboxylic acids is 1. The molecular weight excluding hydrogens is 560 g/mol. The van der Waals surface area contributed by atoms with Crippen LogP contribution in [0.3, 0.4) is 0 Å². The van der Waals surface area contributed by atoms with Gasteiger partial charge in [0.25, 0.3) is 0 Å². The van der Waals surface area contributed by atoms with Gasteiger partial charge in [0.05, 0.1) is 10.2 Å². The van der Waals surface area contributed by atoms with E-state index in [-0.39, 0.29) is 77.5 Å². The molecule has 0 saturated heterocycles. The highest BCUT2D eigenvalue weighted by Gasteiger charge is 2.31. The minimum atomic E-state index is -0.998. The zero-order valence-corrected chi connectivity index (χ0v) is 24.9. The van der Waals surface area contributed by atoms with Gasteiger partial charge in [0.15, 0.2) is 5.01 Å². The fraction of sp³-hybridized carbons (Fsp3) is 0.367. The van der Waals surface area contributed by atoms with Crippen LogP contribution in [-0.4, -0.2) is 74.8 Å². The largest absolute Gasteiger partial charge is 0.507 e. The molecule has 0 aliphatic carbocycles. The van der Waals surface area contributed by atoms with Crippen molar-refractivity contribution in [2.45, 2.75) is 45.4 Å². The number of hydrogen-bond acceptors (Lipinski definition) is 9. The highest BCUT2D eigenvalue weighted by molar-refractivity contribution is 7.19. The van der Waals surface area contributed by atoms with Crippen LogP contribution < -0.4 is 15.2 Å². The van der Waals surface area contributed by atoms with E-state index in [0.29, 0.717) is 21.3 Å².